The van der Waals surface area contributed by atoms with Crippen LogP contribution in [0.3, 0.4) is 0 Å². The van der Waals surface area contributed by atoms with Gasteiger partial charge < -0.3 is 14.4 Å². The SMILES string of the molecule is CN(CC[C@H](Oc1cccc(-c2ccncc2)c1)c1cccs1)C(=O)OCC[Si](C)(C)C. The van der Waals surface area contributed by atoms with Gasteiger partial charge in [0, 0.05) is 45.4 Å². The summed E-state index contributed by atoms with van der Waals surface area (Å²) in [6.07, 6.45) is 3.85. The molecule has 0 saturated carbocycles. The summed E-state index contributed by atoms with van der Waals surface area (Å²) in [4.78, 5) is 19.2. The molecule has 170 valence electrons. The molecule has 0 saturated heterocycles. The van der Waals surface area contributed by atoms with Gasteiger partial charge in [-0.3, -0.25) is 4.98 Å². The summed E-state index contributed by atoms with van der Waals surface area (Å²) in [5.74, 6) is 0.804. The number of nitrogens with zero attached hydrogens (tertiary/aromatic N) is 2. The van der Waals surface area contributed by atoms with Crippen LogP contribution in [-0.4, -0.2) is 44.3 Å². The number of carbonyl (C=O) groups is 1. The smallest absolute Gasteiger partial charge is 0.409 e. The zero-order valence-corrected chi connectivity index (χ0v) is 21.1. The number of ether oxygens (including phenoxy) is 2. The van der Waals surface area contributed by atoms with Crippen LogP contribution in [0.15, 0.2) is 66.3 Å². The zero-order valence-electron chi connectivity index (χ0n) is 19.3. The average Bonchev–Trinajstić information content (AvgIpc) is 3.31. The number of aromatic nitrogens is 1. The van der Waals surface area contributed by atoms with E-state index in [-0.39, 0.29) is 12.2 Å². The van der Waals surface area contributed by atoms with Gasteiger partial charge in [-0.2, -0.15) is 0 Å². The van der Waals surface area contributed by atoms with E-state index < -0.39 is 8.07 Å². The van der Waals surface area contributed by atoms with Gasteiger partial charge in [0.15, 0.2) is 0 Å². The van der Waals surface area contributed by atoms with E-state index >= 15 is 0 Å². The molecule has 0 aliphatic rings. The van der Waals surface area contributed by atoms with E-state index in [0.717, 1.165) is 27.8 Å². The van der Waals surface area contributed by atoms with Crippen LogP contribution in [0.5, 0.6) is 5.75 Å². The fourth-order valence-electron chi connectivity index (χ4n) is 3.15. The normalized spacial score (nSPS) is 12.2. The first-order valence-corrected chi connectivity index (χ1v) is 15.5. The lowest BCUT2D eigenvalue weighted by Crippen LogP contribution is -2.31. The lowest BCUT2D eigenvalue weighted by Gasteiger charge is -2.23. The quantitative estimate of drug-likeness (QED) is 0.310. The van der Waals surface area contributed by atoms with Crippen molar-refractivity contribution in [3.8, 4) is 16.9 Å². The third kappa shape index (κ3) is 7.49. The molecule has 0 aliphatic heterocycles. The molecule has 0 N–H and O–H groups in total. The van der Waals surface area contributed by atoms with Crippen molar-refractivity contribution >= 4 is 25.5 Å². The predicted molar refractivity (Wildman–Crippen MR) is 134 cm³/mol. The topological polar surface area (TPSA) is 51.7 Å². The Hall–Kier alpha value is -2.64. The minimum Gasteiger partial charge on any atom is -0.485 e. The predicted octanol–water partition coefficient (Wildman–Crippen LogP) is 6.73. The highest BCUT2D eigenvalue weighted by Crippen LogP contribution is 2.31. The third-order valence-corrected chi connectivity index (χ3v) is 7.77. The molecule has 0 bridgehead atoms. The van der Waals surface area contributed by atoms with E-state index in [1.807, 2.05) is 41.8 Å². The summed E-state index contributed by atoms with van der Waals surface area (Å²) < 4.78 is 11.9. The Morgan fingerprint density at radius 3 is 2.56 bits per heavy atom. The fraction of sp³-hybridized carbons (Fsp3) is 0.360. The van der Waals surface area contributed by atoms with E-state index in [1.165, 1.54) is 0 Å². The molecule has 1 amide bonds. The first-order chi connectivity index (χ1) is 15.3. The first-order valence-electron chi connectivity index (χ1n) is 10.9. The van der Waals surface area contributed by atoms with Crippen molar-refractivity contribution in [3.05, 3.63) is 71.2 Å². The Morgan fingerprint density at radius 2 is 1.88 bits per heavy atom. The van der Waals surface area contributed by atoms with E-state index in [1.54, 1.807) is 35.7 Å². The minimum absolute atomic E-state index is 0.139. The molecule has 2 aromatic heterocycles. The maximum Gasteiger partial charge on any atom is 0.409 e. The van der Waals surface area contributed by atoms with Gasteiger partial charge in [0.25, 0.3) is 0 Å². The van der Waals surface area contributed by atoms with E-state index in [9.17, 15) is 4.79 Å². The van der Waals surface area contributed by atoms with Gasteiger partial charge in [0.2, 0.25) is 0 Å². The number of rotatable bonds is 10. The van der Waals surface area contributed by atoms with Crippen molar-refractivity contribution in [2.75, 3.05) is 20.2 Å². The van der Waals surface area contributed by atoms with Crippen molar-refractivity contribution in [1.82, 2.24) is 9.88 Å². The lowest BCUT2D eigenvalue weighted by molar-refractivity contribution is 0.108. The summed E-state index contributed by atoms with van der Waals surface area (Å²) in [7, 11) is 0.562. The standard InChI is InChI=1S/C25H32N2O3SSi/c1-27(25(28)29-16-18-32(2,3)4)15-12-23(24-9-6-17-31-24)30-22-8-5-7-21(19-22)20-10-13-26-14-11-20/h5-11,13-14,17,19,23H,12,15-16,18H2,1-4H3/t23-/m0/s1. The second-order valence-electron chi connectivity index (χ2n) is 9.02. The van der Waals surface area contributed by atoms with Gasteiger partial charge >= 0.3 is 6.09 Å². The van der Waals surface area contributed by atoms with Crippen LogP contribution in [0.1, 0.15) is 17.4 Å². The molecule has 0 spiro atoms. The summed E-state index contributed by atoms with van der Waals surface area (Å²) in [6.45, 7) is 7.87. The van der Waals surface area contributed by atoms with E-state index in [4.69, 9.17) is 9.47 Å². The molecule has 1 aromatic carbocycles. The van der Waals surface area contributed by atoms with Crippen molar-refractivity contribution in [2.45, 2.75) is 38.2 Å². The maximum absolute atomic E-state index is 12.4. The van der Waals surface area contributed by atoms with E-state index in [2.05, 4.69) is 36.8 Å². The highest BCUT2D eigenvalue weighted by Gasteiger charge is 2.19. The molecule has 1 atom stereocenters. The molecule has 0 radical (unpaired) electrons. The second kappa shape index (κ2) is 11.3. The monoisotopic (exact) mass is 468 g/mol. The Bertz CT molecular complexity index is 974. The van der Waals surface area contributed by atoms with Gasteiger partial charge in [0.1, 0.15) is 11.9 Å². The number of pyridine rings is 1. The van der Waals surface area contributed by atoms with Gasteiger partial charge in [-0.25, -0.2) is 4.79 Å². The molecule has 7 heteroatoms. The number of benzene rings is 1. The van der Waals surface area contributed by atoms with Crippen LogP contribution in [0.2, 0.25) is 25.7 Å². The largest absolute Gasteiger partial charge is 0.485 e. The summed E-state index contributed by atoms with van der Waals surface area (Å²) in [6, 6.07) is 17.1. The summed E-state index contributed by atoms with van der Waals surface area (Å²) in [5.41, 5.74) is 2.18. The minimum atomic E-state index is -1.22. The Morgan fingerprint density at radius 1 is 1.09 bits per heavy atom. The van der Waals surface area contributed by atoms with Gasteiger partial charge in [-0.1, -0.05) is 37.8 Å². The van der Waals surface area contributed by atoms with Crippen molar-refractivity contribution in [2.24, 2.45) is 0 Å². The van der Waals surface area contributed by atoms with Crippen LogP contribution in [0.25, 0.3) is 11.1 Å². The van der Waals surface area contributed by atoms with Crippen molar-refractivity contribution in [1.29, 1.82) is 0 Å². The molecule has 32 heavy (non-hydrogen) atoms. The van der Waals surface area contributed by atoms with Gasteiger partial charge in [-0.15, -0.1) is 11.3 Å². The Balaban J connectivity index is 1.62. The van der Waals surface area contributed by atoms with Crippen LogP contribution < -0.4 is 4.74 Å². The van der Waals surface area contributed by atoms with E-state index in [0.29, 0.717) is 19.6 Å². The number of thiophene rings is 1. The molecule has 2 heterocycles. The maximum atomic E-state index is 12.4. The molecular formula is C25H32N2O3SSi. The first kappa shape index (κ1) is 24.0. The molecule has 0 aliphatic carbocycles. The van der Waals surface area contributed by atoms with Crippen LogP contribution in [0.4, 0.5) is 4.79 Å². The summed E-state index contributed by atoms with van der Waals surface area (Å²) >= 11 is 1.66. The molecule has 3 aromatic rings. The highest BCUT2D eigenvalue weighted by molar-refractivity contribution is 7.10. The highest BCUT2D eigenvalue weighted by atomic mass is 32.1. The van der Waals surface area contributed by atoms with Crippen LogP contribution in [-0.2, 0) is 4.74 Å². The molecule has 0 unspecified atom stereocenters. The van der Waals surface area contributed by atoms with Crippen molar-refractivity contribution in [3.63, 3.8) is 0 Å². The molecule has 0 fully saturated rings. The number of hydrogen-bond donors (Lipinski definition) is 0. The van der Waals surface area contributed by atoms with Gasteiger partial charge in [0.05, 0.1) is 6.61 Å². The Labute approximate surface area is 196 Å². The second-order valence-corrected chi connectivity index (χ2v) is 15.6. The summed E-state index contributed by atoms with van der Waals surface area (Å²) in [5, 5.41) is 2.05. The average molecular weight is 469 g/mol. The van der Waals surface area contributed by atoms with Gasteiger partial charge in [-0.05, 0) is 52.9 Å². The molecule has 5 nitrogen and oxygen atoms in total. The van der Waals surface area contributed by atoms with Crippen LogP contribution >= 0.6 is 11.3 Å². The third-order valence-electron chi connectivity index (χ3n) is 5.10. The van der Waals surface area contributed by atoms with Crippen LogP contribution in [0, 0.1) is 0 Å². The fourth-order valence-corrected chi connectivity index (χ4v) is 4.65. The zero-order chi connectivity index (χ0) is 23.0. The molecular weight excluding hydrogens is 436 g/mol. The van der Waals surface area contributed by atoms with Crippen molar-refractivity contribution < 1.29 is 14.3 Å². The number of carbonyl (C=O) groups excluding carboxylic acids is 1. The number of hydrogen-bond acceptors (Lipinski definition) is 5. The number of amides is 1. The lowest BCUT2D eigenvalue weighted by atomic mass is 10.1. The molecule has 3 rings (SSSR count). The Kier molecular flexibility index (Phi) is 8.47.